The standard InChI is InChI=1S/C16H29N5/c1-5-13-18-14(20-17)11-15(19-13)21-9-6-7-12(8-10-21)16(2,3)4/h11-12H,5-10,17H2,1-4H3,(H,18,19,20). The summed E-state index contributed by atoms with van der Waals surface area (Å²) < 4.78 is 0. The van der Waals surface area contributed by atoms with E-state index in [-0.39, 0.29) is 0 Å². The Bertz CT molecular complexity index is 444. The number of nitrogens with one attached hydrogen (secondary N) is 1. The van der Waals surface area contributed by atoms with E-state index in [0.717, 1.165) is 37.1 Å². The molecule has 21 heavy (non-hydrogen) atoms. The summed E-state index contributed by atoms with van der Waals surface area (Å²) in [5.74, 6) is 8.85. The summed E-state index contributed by atoms with van der Waals surface area (Å²) in [6, 6.07) is 1.95. The van der Waals surface area contributed by atoms with Crippen molar-refractivity contribution in [3.8, 4) is 0 Å². The fourth-order valence-electron chi connectivity index (χ4n) is 3.07. The number of rotatable bonds is 3. The molecule has 0 saturated carbocycles. The zero-order valence-corrected chi connectivity index (χ0v) is 13.8. The van der Waals surface area contributed by atoms with Gasteiger partial charge in [-0.2, -0.15) is 0 Å². The average molecular weight is 291 g/mol. The molecule has 0 aromatic carbocycles. The highest BCUT2D eigenvalue weighted by Gasteiger charge is 2.27. The van der Waals surface area contributed by atoms with Gasteiger partial charge >= 0.3 is 0 Å². The van der Waals surface area contributed by atoms with Crippen LogP contribution in [-0.4, -0.2) is 23.1 Å². The molecule has 0 amide bonds. The molecule has 0 bridgehead atoms. The summed E-state index contributed by atoms with van der Waals surface area (Å²) in [4.78, 5) is 11.4. The molecule has 5 nitrogen and oxygen atoms in total. The minimum absolute atomic E-state index is 0.389. The summed E-state index contributed by atoms with van der Waals surface area (Å²) in [6.45, 7) is 11.2. The largest absolute Gasteiger partial charge is 0.356 e. The first-order valence-corrected chi connectivity index (χ1v) is 8.03. The predicted molar refractivity (Wildman–Crippen MR) is 88.2 cm³/mol. The fraction of sp³-hybridized carbons (Fsp3) is 0.750. The molecule has 0 aliphatic carbocycles. The lowest BCUT2D eigenvalue weighted by atomic mass is 9.77. The number of hydrogen-bond donors (Lipinski definition) is 2. The van der Waals surface area contributed by atoms with E-state index >= 15 is 0 Å². The number of nitrogens with zero attached hydrogens (tertiary/aromatic N) is 3. The van der Waals surface area contributed by atoms with E-state index < -0.39 is 0 Å². The van der Waals surface area contributed by atoms with Gasteiger partial charge in [0.2, 0.25) is 0 Å². The normalized spacial score (nSPS) is 20.2. The zero-order valence-electron chi connectivity index (χ0n) is 13.8. The van der Waals surface area contributed by atoms with E-state index in [1.54, 1.807) is 0 Å². The van der Waals surface area contributed by atoms with Crippen molar-refractivity contribution in [3.63, 3.8) is 0 Å². The molecule has 1 saturated heterocycles. The molecule has 1 aromatic rings. The third-order valence-electron chi connectivity index (χ3n) is 4.50. The number of hydrogen-bond acceptors (Lipinski definition) is 5. The summed E-state index contributed by atoms with van der Waals surface area (Å²) in [5, 5.41) is 0. The number of aryl methyl sites for hydroxylation is 1. The number of nitrogen functional groups attached to an aromatic ring is 1. The van der Waals surface area contributed by atoms with Crippen molar-refractivity contribution < 1.29 is 0 Å². The van der Waals surface area contributed by atoms with Gasteiger partial charge in [-0.3, -0.25) is 0 Å². The van der Waals surface area contributed by atoms with Gasteiger partial charge in [-0.25, -0.2) is 15.8 Å². The Morgan fingerprint density at radius 2 is 2.05 bits per heavy atom. The molecule has 1 aliphatic rings. The van der Waals surface area contributed by atoms with Crippen LogP contribution < -0.4 is 16.2 Å². The first-order chi connectivity index (χ1) is 9.94. The van der Waals surface area contributed by atoms with E-state index in [0.29, 0.717) is 11.2 Å². The SMILES string of the molecule is CCc1nc(NN)cc(N2CCCC(C(C)(C)C)CC2)n1. The van der Waals surface area contributed by atoms with Crippen molar-refractivity contribution in [2.24, 2.45) is 17.2 Å². The number of hydrazine groups is 1. The van der Waals surface area contributed by atoms with Gasteiger partial charge < -0.3 is 10.3 Å². The zero-order chi connectivity index (χ0) is 15.5. The maximum Gasteiger partial charge on any atom is 0.145 e. The highest BCUT2D eigenvalue weighted by Crippen LogP contribution is 2.35. The lowest BCUT2D eigenvalue weighted by Gasteiger charge is -2.30. The first-order valence-electron chi connectivity index (χ1n) is 8.03. The molecule has 0 radical (unpaired) electrons. The van der Waals surface area contributed by atoms with Gasteiger partial charge in [-0.1, -0.05) is 27.7 Å². The van der Waals surface area contributed by atoms with Gasteiger partial charge in [0, 0.05) is 25.6 Å². The quantitative estimate of drug-likeness (QED) is 0.662. The Balaban J connectivity index is 2.15. The fourth-order valence-corrected chi connectivity index (χ4v) is 3.07. The molecule has 2 heterocycles. The third-order valence-corrected chi connectivity index (χ3v) is 4.50. The number of aromatic nitrogens is 2. The summed E-state index contributed by atoms with van der Waals surface area (Å²) >= 11 is 0. The van der Waals surface area contributed by atoms with Crippen molar-refractivity contribution in [2.45, 2.75) is 53.4 Å². The minimum atomic E-state index is 0.389. The molecule has 0 spiro atoms. The van der Waals surface area contributed by atoms with Crippen LogP contribution in [-0.2, 0) is 6.42 Å². The number of nitrogens with two attached hydrogens (primary N) is 1. The Morgan fingerprint density at radius 3 is 2.67 bits per heavy atom. The molecule has 2 rings (SSSR count). The van der Waals surface area contributed by atoms with Crippen molar-refractivity contribution in [3.05, 3.63) is 11.9 Å². The maximum absolute atomic E-state index is 5.52. The molecule has 118 valence electrons. The van der Waals surface area contributed by atoms with Gasteiger partial charge in [0.1, 0.15) is 17.5 Å². The molecular formula is C16H29N5. The van der Waals surface area contributed by atoms with E-state index in [9.17, 15) is 0 Å². The van der Waals surface area contributed by atoms with Crippen LogP contribution in [0.5, 0.6) is 0 Å². The van der Waals surface area contributed by atoms with Crippen LogP contribution in [0.4, 0.5) is 11.6 Å². The molecule has 1 atom stereocenters. The number of anilines is 2. The second-order valence-electron chi connectivity index (χ2n) is 7.01. The van der Waals surface area contributed by atoms with E-state index in [1.165, 1.54) is 19.3 Å². The van der Waals surface area contributed by atoms with Crippen molar-refractivity contribution in [1.29, 1.82) is 0 Å². The topological polar surface area (TPSA) is 67.1 Å². The average Bonchev–Trinajstić information content (AvgIpc) is 2.72. The van der Waals surface area contributed by atoms with Gasteiger partial charge in [0.05, 0.1) is 0 Å². The lowest BCUT2D eigenvalue weighted by molar-refractivity contribution is 0.220. The summed E-state index contributed by atoms with van der Waals surface area (Å²) in [5.41, 5.74) is 3.04. The monoisotopic (exact) mass is 291 g/mol. The van der Waals surface area contributed by atoms with Crippen LogP contribution in [0.15, 0.2) is 6.07 Å². The Kier molecular flexibility index (Phi) is 5.04. The minimum Gasteiger partial charge on any atom is -0.356 e. The van der Waals surface area contributed by atoms with Crippen LogP contribution in [0.2, 0.25) is 0 Å². The second-order valence-corrected chi connectivity index (χ2v) is 7.01. The van der Waals surface area contributed by atoms with E-state index in [4.69, 9.17) is 5.84 Å². The Morgan fingerprint density at radius 1 is 1.29 bits per heavy atom. The van der Waals surface area contributed by atoms with Crippen LogP contribution in [0.25, 0.3) is 0 Å². The lowest BCUT2D eigenvalue weighted by Crippen LogP contribution is -2.27. The summed E-state index contributed by atoms with van der Waals surface area (Å²) in [6.07, 6.45) is 4.56. The van der Waals surface area contributed by atoms with Crippen LogP contribution in [0.1, 0.15) is 52.8 Å². The van der Waals surface area contributed by atoms with E-state index in [1.807, 2.05) is 6.07 Å². The van der Waals surface area contributed by atoms with Crippen LogP contribution >= 0.6 is 0 Å². The molecule has 5 heteroatoms. The highest BCUT2D eigenvalue weighted by atomic mass is 15.3. The smallest absolute Gasteiger partial charge is 0.145 e. The molecular weight excluding hydrogens is 262 g/mol. The molecule has 3 N–H and O–H groups in total. The predicted octanol–water partition coefficient (Wildman–Crippen LogP) is 2.98. The van der Waals surface area contributed by atoms with Crippen LogP contribution in [0.3, 0.4) is 0 Å². The Labute approximate surface area is 128 Å². The summed E-state index contributed by atoms with van der Waals surface area (Å²) in [7, 11) is 0. The molecule has 1 fully saturated rings. The molecule has 1 aromatic heterocycles. The van der Waals surface area contributed by atoms with Crippen molar-refractivity contribution in [1.82, 2.24) is 9.97 Å². The Hall–Kier alpha value is -1.36. The van der Waals surface area contributed by atoms with Crippen molar-refractivity contribution >= 4 is 11.6 Å². The maximum atomic E-state index is 5.52. The van der Waals surface area contributed by atoms with Crippen molar-refractivity contribution in [2.75, 3.05) is 23.4 Å². The third kappa shape index (κ3) is 4.06. The highest BCUT2D eigenvalue weighted by molar-refractivity contribution is 5.49. The van der Waals surface area contributed by atoms with Gasteiger partial charge in [0.25, 0.3) is 0 Å². The van der Waals surface area contributed by atoms with Crippen LogP contribution in [0, 0.1) is 11.3 Å². The van der Waals surface area contributed by atoms with Gasteiger partial charge in [0.15, 0.2) is 0 Å². The molecule has 1 aliphatic heterocycles. The van der Waals surface area contributed by atoms with Gasteiger partial charge in [-0.15, -0.1) is 0 Å². The van der Waals surface area contributed by atoms with E-state index in [2.05, 4.69) is 48.0 Å². The molecule has 1 unspecified atom stereocenters. The van der Waals surface area contributed by atoms with Gasteiger partial charge in [-0.05, 0) is 30.6 Å². The first kappa shape index (κ1) is 16.0. The second kappa shape index (κ2) is 6.60.